The molecule has 0 aromatic carbocycles. The molecular formula is C26H50N3O6PS2. The first kappa shape index (κ1) is 35.5. The Morgan fingerprint density at radius 1 is 0.974 bits per heavy atom. The van der Waals surface area contributed by atoms with Gasteiger partial charge in [0, 0.05) is 17.7 Å². The van der Waals surface area contributed by atoms with Gasteiger partial charge in [0.1, 0.15) is 12.2 Å². The number of unbranched alkanes of at least 4 members (excludes halogenated alkanes) is 12. The number of aliphatic hydroxyl groups is 1. The van der Waals surface area contributed by atoms with Crippen LogP contribution in [0.2, 0.25) is 0 Å². The summed E-state index contributed by atoms with van der Waals surface area (Å²) in [6.45, 7) is 2.01. The van der Waals surface area contributed by atoms with Gasteiger partial charge in [-0.25, -0.2) is 4.79 Å². The van der Waals surface area contributed by atoms with Crippen molar-refractivity contribution in [2.45, 2.75) is 109 Å². The van der Waals surface area contributed by atoms with E-state index in [0.717, 1.165) is 25.0 Å². The van der Waals surface area contributed by atoms with Crippen LogP contribution in [0.5, 0.6) is 0 Å². The highest BCUT2D eigenvalue weighted by Crippen LogP contribution is 2.42. The molecule has 1 unspecified atom stereocenters. The van der Waals surface area contributed by atoms with E-state index in [1.165, 1.54) is 86.8 Å². The summed E-state index contributed by atoms with van der Waals surface area (Å²) in [4.78, 5) is 25.4. The number of nitrogen functional groups attached to an aromatic ring is 1. The first-order valence-electron chi connectivity index (χ1n) is 14.1. The zero-order chi connectivity index (χ0) is 27.9. The molecule has 38 heavy (non-hydrogen) atoms. The molecule has 1 rings (SSSR count). The van der Waals surface area contributed by atoms with Crippen LogP contribution in [0.3, 0.4) is 0 Å². The van der Waals surface area contributed by atoms with Crippen molar-refractivity contribution in [1.29, 1.82) is 0 Å². The molecule has 222 valence electrons. The van der Waals surface area contributed by atoms with E-state index >= 15 is 0 Å². The molecule has 2 atom stereocenters. The summed E-state index contributed by atoms with van der Waals surface area (Å²) < 4.78 is 23.9. The van der Waals surface area contributed by atoms with Crippen molar-refractivity contribution in [2.24, 2.45) is 0 Å². The molecule has 0 aliphatic carbocycles. The van der Waals surface area contributed by atoms with Gasteiger partial charge in [-0.3, -0.25) is 9.13 Å². The first-order valence-corrected chi connectivity index (χ1v) is 18.4. The van der Waals surface area contributed by atoms with E-state index in [1.54, 1.807) is 0 Å². The van der Waals surface area contributed by atoms with E-state index in [0.29, 0.717) is 6.42 Å². The van der Waals surface area contributed by atoms with Crippen LogP contribution >= 0.6 is 29.2 Å². The Balaban J connectivity index is 1.94. The predicted molar refractivity (Wildman–Crippen MR) is 161 cm³/mol. The van der Waals surface area contributed by atoms with Crippen molar-refractivity contribution < 1.29 is 23.8 Å². The third-order valence-corrected chi connectivity index (χ3v) is 9.69. The molecule has 0 bridgehead atoms. The lowest BCUT2D eigenvalue weighted by atomic mass is 10.1. The standard InChI is InChI=1S/C26H50N3O6PS2/c1-2-3-4-5-6-7-8-9-11-14-19-37-38-20-15-12-10-13-18-35-36(32,33)23-34-24(22-30)21-29-17-16-25(27)28-26(29)31/h16-17,24,30H,2-15,18-23H2,1H3,(H,32,33)(H2,27,28,31)/t24-/m0/s1. The van der Waals surface area contributed by atoms with E-state index in [2.05, 4.69) is 11.9 Å². The molecule has 0 saturated carbocycles. The Hall–Kier alpha value is -0.550. The van der Waals surface area contributed by atoms with Gasteiger partial charge in [-0.05, 0) is 25.3 Å². The van der Waals surface area contributed by atoms with E-state index in [4.69, 9.17) is 15.0 Å². The molecule has 0 aliphatic heterocycles. The Kier molecular flexibility index (Phi) is 21.6. The summed E-state index contributed by atoms with van der Waals surface area (Å²) in [5, 5.41) is 9.47. The molecule has 9 nitrogen and oxygen atoms in total. The molecule has 1 aromatic rings. The van der Waals surface area contributed by atoms with Crippen molar-refractivity contribution in [3.05, 3.63) is 22.7 Å². The SMILES string of the molecule is CCCCCCCCCCCCSSCCCCCCOP(=O)(O)CO[C@H](CO)Cn1ccc(N)nc1=O. The third-order valence-electron chi connectivity index (χ3n) is 6.05. The van der Waals surface area contributed by atoms with E-state index in [-0.39, 0.29) is 19.0 Å². The summed E-state index contributed by atoms with van der Waals surface area (Å²) in [5.41, 5.74) is 4.87. The minimum absolute atomic E-state index is 0.0157. The molecule has 1 aromatic heterocycles. The normalized spacial score (nSPS) is 14.0. The topological polar surface area (TPSA) is 137 Å². The number of nitrogens with zero attached hydrogens (tertiary/aromatic N) is 2. The Labute approximate surface area is 237 Å². The zero-order valence-electron chi connectivity index (χ0n) is 23.1. The number of aromatic nitrogens is 2. The van der Waals surface area contributed by atoms with Gasteiger partial charge in [0.2, 0.25) is 0 Å². The first-order chi connectivity index (χ1) is 18.4. The molecule has 0 aliphatic rings. The van der Waals surface area contributed by atoms with Crippen LogP contribution in [0, 0.1) is 0 Å². The number of aliphatic hydroxyl groups excluding tert-OH is 1. The zero-order valence-corrected chi connectivity index (χ0v) is 25.7. The quantitative estimate of drug-likeness (QED) is 0.0642. The number of nitrogens with two attached hydrogens (primary N) is 1. The molecule has 0 amide bonds. The fraction of sp³-hybridized carbons (Fsp3) is 0.846. The van der Waals surface area contributed by atoms with E-state index < -0.39 is 32.3 Å². The number of anilines is 1. The fourth-order valence-corrected chi connectivity index (χ4v) is 6.97. The molecule has 0 radical (unpaired) electrons. The smallest absolute Gasteiger partial charge is 0.353 e. The highest BCUT2D eigenvalue weighted by Gasteiger charge is 2.22. The molecule has 0 saturated heterocycles. The summed E-state index contributed by atoms with van der Waals surface area (Å²) in [6.07, 6.45) is 17.6. The van der Waals surface area contributed by atoms with Crippen LogP contribution in [0.15, 0.2) is 17.1 Å². The lowest BCUT2D eigenvalue weighted by molar-refractivity contribution is 0.0167. The maximum Gasteiger partial charge on any atom is 0.353 e. The van der Waals surface area contributed by atoms with Crippen LogP contribution in [0.4, 0.5) is 5.82 Å². The Bertz CT molecular complexity index is 817. The number of rotatable bonds is 26. The van der Waals surface area contributed by atoms with Gasteiger partial charge in [-0.15, -0.1) is 0 Å². The van der Waals surface area contributed by atoms with Crippen molar-refractivity contribution in [2.75, 3.05) is 36.8 Å². The van der Waals surface area contributed by atoms with Gasteiger partial charge in [-0.1, -0.05) is 99.1 Å². The van der Waals surface area contributed by atoms with Crippen LogP contribution in [0.1, 0.15) is 96.8 Å². The monoisotopic (exact) mass is 595 g/mol. The second kappa shape index (κ2) is 23.2. The lowest BCUT2D eigenvalue weighted by Crippen LogP contribution is -2.32. The van der Waals surface area contributed by atoms with Gasteiger partial charge in [0.05, 0.1) is 25.9 Å². The van der Waals surface area contributed by atoms with Gasteiger partial charge in [0.15, 0.2) is 0 Å². The van der Waals surface area contributed by atoms with Gasteiger partial charge >= 0.3 is 13.3 Å². The average molecular weight is 596 g/mol. The summed E-state index contributed by atoms with van der Waals surface area (Å²) in [5.74, 6) is 2.46. The van der Waals surface area contributed by atoms with Gasteiger partial charge in [0.25, 0.3) is 0 Å². The molecule has 0 fully saturated rings. The van der Waals surface area contributed by atoms with Crippen LogP contribution in [-0.2, 0) is 20.4 Å². The molecule has 0 spiro atoms. The molecular weight excluding hydrogens is 545 g/mol. The molecule has 1 heterocycles. The summed E-state index contributed by atoms with van der Waals surface area (Å²) >= 11 is 0. The van der Waals surface area contributed by atoms with Gasteiger partial charge in [-0.2, -0.15) is 4.98 Å². The third kappa shape index (κ3) is 19.5. The van der Waals surface area contributed by atoms with Gasteiger partial charge < -0.3 is 25.0 Å². The lowest BCUT2D eigenvalue weighted by Gasteiger charge is -2.19. The summed E-state index contributed by atoms with van der Waals surface area (Å²) in [6, 6.07) is 1.45. The largest absolute Gasteiger partial charge is 0.394 e. The number of hydrogen-bond donors (Lipinski definition) is 3. The maximum absolute atomic E-state index is 12.2. The summed E-state index contributed by atoms with van der Waals surface area (Å²) in [7, 11) is -0.0177. The molecule has 12 heteroatoms. The minimum atomic E-state index is -3.94. The average Bonchev–Trinajstić information content (AvgIpc) is 2.89. The second-order valence-electron chi connectivity index (χ2n) is 9.60. The minimum Gasteiger partial charge on any atom is -0.394 e. The molecule has 4 N–H and O–H groups in total. The highest BCUT2D eigenvalue weighted by atomic mass is 33.1. The highest BCUT2D eigenvalue weighted by molar-refractivity contribution is 8.76. The Morgan fingerprint density at radius 3 is 2.08 bits per heavy atom. The van der Waals surface area contributed by atoms with Crippen molar-refractivity contribution >= 4 is 35.0 Å². The van der Waals surface area contributed by atoms with Crippen LogP contribution < -0.4 is 11.4 Å². The van der Waals surface area contributed by atoms with Crippen LogP contribution in [-0.4, -0.2) is 56.7 Å². The fourth-order valence-electron chi connectivity index (χ4n) is 3.79. The number of ether oxygens (including phenoxy) is 1. The number of hydrogen-bond acceptors (Lipinski definition) is 9. The van der Waals surface area contributed by atoms with E-state index in [1.807, 2.05) is 21.6 Å². The van der Waals surface area contributed by atoms with Crippen molar-refractivity contribution in [3.63, 3.8) is 0 Å². The van der Waals surface area contributed by atoms with E-state index in [9.17, 15) is 19.4 Å². The van der Waals surface area contributed by atoms with Crippen molar-refractivity contribution in [1.82, 2.24) is 9.55 Å². The second-order valence-corrected chi connectivity index (χ2v) is 14.1. The Morgan fingerprint density at radius 2 is 1.53 bits per heavy atom. The predicted octanol–water partition coefficient (Wildman–Crippen LogP) is 6.23. The van der Waals surface area contributed by atoms with Crippen molar-refractivity contribution in [3.8, 4) is 0 Å². The van der Waals surface area contributed by atoms with Crippen LogP contribution in [0.25, 0.3) is 0 Å². The maximum atomic E-state index is 12.2.